The van der Waals surface area contributed by atoms with Crippen molar-refractivity contribution in [3.63, 3.8) is 0 Å². The third-order valence-electron chi connectivity index (χ3n) is 8.23. The molecule has 4 rings (SSSR count). The van der Waals surface area contributed by atoms with Gasteiger partial charge in [0, 0.05) is 31.9 Å². The molecule has 2 aliphatic heterocycles. The molecule has 0 radical (unpaired) electrons. The Hall–Kier alpha value is -3.53. The Labute approximate surface area is 247 Å². The van der Waals surface area contributed by atoms with Gasteiger partial charge < -0.3 is 25.4 Å². The van der Waals surface area contributed by atoms with Crippen LogP contribution in [0.5, 0.6) is 5.75 Å². The third kappa shape index (κ3) is 9.79. The topological polar surface area (TPSA) is 121 Å². The van der Waals surface area contributed by atoms with Crippen molar-refractivity contribution in [3.05, 3.63) is 59.4 Å². The van der Waals surface area contributed by atoms with Crippen molar-refractivity contribution in [2.75, 3.05) is 39.5 Å². The Morgan fingerprint density at radius 2 is 1.93 bits per heavy atom. The number of aliphatic carboxylic acids is 1. The Morgan fingerprint density at radius 3 is 2.71 bits per heavy atom. The van der Waals surface area contributed by atoms with Gasteiger partial charge in [-0.2, -0.15) is 0 Å². The number of carbonyl (C=O) groups is 3. The van der Waals surface area contributed by atoms with E-state index in [2.05, 4.69) is 15.6 Å². The van der Waals surface area contributed by atoms with Gasteiger partial charge in [0.1, 0.15) is 19.0 Å². The number of carboxylic acids is 1. The zero-order valence-corrected chi connectivity index (χ0v) is 24.2. The summed E-state index contributed by atoms with van der Waals surface area (Å²) in [7, 11) is 0. The molecule has 1 aromatic heterocycles. The van der Waals surface area contributed by atoms with Crippen molar-refractivity contribution in [3.8, 4) is 5.75 Å². The highest BCUT2D eigenvalue weighted by Crippen LogP contribution is 2.24. The summed E-state index contributed by atoms with van der Waals surface area (Å²) in [6, 6.07) is 8.67. The van der Waals surface area contributed by atoms with E-state index in [1.165, 1.54) is 0 Å². The zero-order chi connectivity index (χ0) is 29.7. The maximum atomic E-state index is 13.3. The first kappa shape index (κ1) is 31.4. The largest absolute Gasteiger partial charge is 0.491 e. The average molecular weight is 583 g/mol. The minimum atomic E-state index is -1.02. The minimum Gasteiger partial charge on any atom is -0.491 e. The number of nitrogens with zero attached hydrogens (tertiary/aromatic N) is 2. The van der Waals surface area contributed by atoms with Gasteiger partial charge in [-0.15, -0.1) is 0 Å². The molecule has 1 aromatic carbocycles. The number of alkyl halides is 1. The molecule has 3 heterocycles. The van der Waals surface area contributed by atoms with Crippen LogP contribution in [-0.2, 0) is 27.2 Å². The number of nitrogens with one attached hydrogen (secondary N) is 2. The molecule has 2 aliphatic rings. The second-order valence-electron chi connectivity index (χ2n) is 11.4. The summed E-state index contributed by atoms with van der Waals surface area (Å²) in [6.45, 7) is 2.50. The molecule has 2 saturated heterocycles. The van der Waals surface area contributed by atoms with Gasteiger partial charge in [0.2, 0.25) is 11.8 Å². The van der Waals surface area contributed by atoms with Gasteiger partial charge in [-0.25, -0.2) is 4.39 Å². The van der Waals surface area contributed by atoms with Gasteiger partial charge in [0.25, 0.3) is 0 Å². The van der Waals surface area contributed by atoms with Gasteiger partial charge in [0.05, 0.1) is 18.4 Å². The Kier molecular flexibility index (Phi) is 12.1. The van der Waals surface area contributed by atoms with Crippen LogP contribution in [0.25, 0.3) is 0 Å². The van der Waals surface area contributed by atoms with E-state index in [0.717, 1.165) is 49.9 Å². The predicted molar refractivity (Wildman–Crippen MR) is 157 cm³/mol. The first-order valence-corrected chi connectivity index (χ1v) is 15.1. The van der Waals surface area contributed by atoms with Gasteiger partial charge >= 0.3 is 5.97 Å². The number of hydrogen-bond donors (Lipinski definition) is 3. The van der Waals surface area contributed by atoms with Crippen molar-refractivity contribution in [1.29, 1.82) is 0 Å². The van der Waals surface area contributed by atoms with Crippen molar-refractivity contribution >= 4 is 17.8 Å². The first-order chi connectivity index (χ1) is 20.4. The number of carboxylic acid groups (broad SMARTS) is 1. The van der Waals surface area contributed by atoms with Crippen LogP contribution < -0.4 is 15.4 Å². The summed E-state index contributed by atoms with van der Waals surface area (Å²) in [5.41, 5.74) is 2.57. The lowest BCUT2D eigenvalue weighted by Gasteiger charge is -2.33. The molecular formula is C32H43FN4O5. The highest BCUT2D eigenvalue weighted by molar-refractivity contribution is 5.82. The summed E-state index contributed by atoms with van der Waals surface area (Å²) in [5, 5.41) is 15.9. The number of halogens is 1. The van der Waals surface area contributed by atoms with E-state index >= 15 is 0 Å². The van der Waals surface area contributed by atoms with Crippen molar-refractivity contribution in [1.82, 2.24) is 20.5 Å². The molecule has 2 aromatic rings. The fraction of sp³-hybridized carbons (Fsp3) is 0.562. The Balaban J connectivity index is 1.34. The highest BCUT2D eigenvalue weighted by atomic mass is 19.1. The Bertz CT molecular complexity index is 1190. The number of ether oxygens (including phenoxy) is 1. The summed E-state index contributed by atoms with van der Waals surface area (Å²) in [5.74, 6) is -0.329. The molecule has 0 aliphatic carbocycles. The molecule has 0 unspecified atom stereocenters. The maximum Gasteiger partial charge on any atom is 0.305 e. The lowest BCUT2D eigenvalue weighted by Crippen LogP contribution is -2.46. The second kappa shape index (κ2) is 16.2. The van der Waals surface area contributed by atoms with E-state index in [9.17, 15) is 23.9 Å². The number of amides is 2. The SMILES string of the molecule is O=C(O)C[C@H](NC(=O)[C@@H]1CCCN(C(=O)CCC2CCNCC2)C1)c1cncc(CCc2cccc(OCCF)c2)c1. The number of likely N-dealkylation sites (tertiary alicyclic amines) is 1. The van der Waals surface area contributed by atoms with E-state index in [1.807, 2.05) is 24.3 Å². The number of aromatic nitrogens is 1. The molecule has 2 atom stereocenters. The molecule has 42 heavy (non-hydrogen) atoms. The summed E-state index contributed by atoms with van der Waals surface area (Å²) in [6.07, 6.45) is 9.41. The summed E-state index contributed by atoms with van der Waals surface area (Å²) >= 11 is 0. The van der Waals surface area contributed by atoms with Crippen molar-refractivity contribution < 1.29 is 28.6 Å². The van der Waals surface area contributed by atoms with Gasteiger partial charge in [-0.1, -0.05) is 18.2 Å². The molecule has 0 spiro atoms. The number of rotatable bonds is 14. The Morgan fingerprint density at radius 1 is 1.12 bits per heavy atom. The van der Waals surface area contributed by atoms with E-state index < -0.39 is 18.7 Å². The van der Waals surface area contributed by atoms with Crippen LogP contribution in [0, 0.1) is 11.8 Å². The number of hydrogen-bond acceptors (Lipinski definition) is 6. The quantitative estimate of drug-likeness (QED) is 0.309. The first-order valence-electron chi connectivity index (χ1n) is 15.1. The predicted octanol–water partition coefficient (Wildman–Crippen LogP) is 3.87. The van der Waals surface area contributed by atoms with Gasteiger partial charge in [0.15, 0.2) is 0 Å². The summed E-state index contributed by atoms with van der Waals surface area (Å²) in [4.78, 5) is 44.1. The van der Waals surface area contributed by atoms with E-state index in [4.69, 9.17) is 4.74 Å². The van der Waals surface area contributed by atoms with Gasteiger partial charge in [-0.3, -0.25) is 19.4 Å². The van der Waals surface area contributed by atoms with Crippen LogP contribution in [0.1, 0.15) is 67.7 Å². The molecule has 9 nitrogen and oxygen atoms in total. The fourth-order valence-electron chi connectivity index (χ4n) is 5.86. The number of carbonyl (C=O) groups excluding carboxylic acids is 2. The minimum absolute atomic E-state index is 0.0137. The number of pyridine rings is 1. The molecule has 2 fully saturated rings. The second-order valence-corrected chi connectivity index (χ2v) is 11.4. The van der Waals surface area contributed by atoms with Crippen LogP contribution in [0.3, 0.4) is 0 Å². The van der Waals surface area contributed by atoms with Crippen molar-refractivity contribution in [2.45, 2.75) is 63.8 Å². The number of aryl methyl sites for hydroxylation is 2. The van der Waals surface area contributed by atoms with Crippen LogP contribution in [0.4, 0.5) is 4.39 Å². The molecular weight excluding hydrogens is 539 g/mol. The normalized spacial score (nSPS) is 18.3. The molecule has 228 valence electrons. The molecule has 0 bridgehead atoms. The van der Waals surface area contributed by atoms with E-state index in [-0.39, 0.29) is 30.8 Å². The van der Waals surface area contributed by atoms with Crippen LogP contribution in [0.15, 0.2) is 42.7 Å². The number of benzene rings is 1. The smallest absolute Gasteiger partial charge is 0.305 e. The monoisotopic (exact) mass is 582 g/mol. The van der Waals surface area contributed by atoms with E-state index in [1.54, 1.807) is 23.4 Å². The standard InChI is InChI=1S/C32H43FN4O5/c33-12-16-42-28-5-1-3-24(18-28)6-7-25-17-27(21-35-20-25)29(19-31(39)40)36-32(41)26-4-2-15-37(22-26)30(38)9-8-23-10-13-34-14-11-23/h1,3,5,17-18,20-21,23,26,29,34H,2,4,6-16,19,22H2,(H,36,41)(H,39,40)/t26-,29+/m1/s1. The molecule has 3 N–H and O–H groups in total. The van der Waals surface area contributed by atoms with Crippen LogP contribution in [-0.4, -0.2) is 72.2 Å². The lowest BCUT2D eigenvalue weighted by molar-refractivity contribution is -0.138. The molecule has 0 saturated carbocycles. The van der Waals surface area contributed by atoms with Gasteiger partial charge in [-0.05, 0) is 92.8 Å². The summed E-state index contributed by atoms with van der Waals surface area (Å²) < 4.78 is 17.8. The maximum absolute atomic E-state index is 13.3. The molecule has 2 amide bonds. The average Bonchev–Trinajstić information content (AvgIpc) is 3.02. The van der Waals surface area contributed by atoms with Crippen molar-refractivity contribution in [2.24, 2.45) is 11.8 Å². The number of piperidine rings is 2. The highest BCUT2D eigenvalue weighted by Gasteiger charge is 2.30. The fourth-order valence-corrected chi connectivity index (χ4v) is 5.86. The zero-order valence-electron chi connectivity index (χ0n) is 24.2. The lowest BCUT2D eigenvalue weighted by atomic mass is 9.92. The molecule has 10 heteroatoms. The van der Waals surface area contributed by atoms with Crippen LogP contribution >= 0.6 is 0 Å². The van der Waals surface area contributed by atoms with E-state index in [0.29, 0.717) is 56.0 Å². The van der Waals surface area contributed by atoms with Crippen LogP contribution in [0.2, 0.25) is 0 Å². The third-order valence-corrected chi connectivity index (χ3v) is 8.23.